The van der Waals surface area contributed by atoms with Crippen LogP contribution >= 0.6 is 0 Å². The van der Waals surface area contributed by atoms with Gasteiger partial charge in [-0.3, -0.25) is 9.59 Å². The summed E-state index contributed by atoms with van der Waals surface area (Å²) in [7, 11) is 1.45. The molecule has 5 nitrogen and oxygen atoms in total. The van der Waals surface area contributed by atoms with E-state index in [1.165, 1.54) is 22.8 Å². The largest absolute Gasteiger partial charge is 0.491 e. The second-order valence-electron chi connectivity index (χ2n) is 5.34. The Morgan fingerprint density at radius 1 is 1.18 bits per heavy atom. The Hall–Kier alpha value is -2.56. The van der Waals surface area contributed by atoms with Gasteiger partial charge in [0.25, 0.3) is 5.56 Å². The van der Waals surface area contributed by atoms with Gasteiger partial charge in [0, 0.05) is 19.3 Å². The summed E-state index contributed by atoms with van der Waals surface area (Å²) in [6.45, 7) is 1.33. The van der Waals surface area contributed by atoms with E-state index in [1.807, 2.05) is 18.2 Å². The standard InChI is InChI=1S/C17H18N2O3/c1-22-15-7-4-9-19(17(15)21)12-16(20)18-10-8-13-5-2-3-6-14(13)11-18/h2-7,9H,8,10-12H2,1H3. The van der Waals surface area contributed by atoms with E-state index >= 15 is 0 Å². The van der Waals surface area contributed by atoms with E-state index in [0.29, 0.717) is 13.1 Å². The van der Waals surface area contributed by atoms with Crippen molar-refractivity contribution in [3.8, 4) is 5.75 Å². The zero-order valence-corrected chi connectivity index (χ0v) is 12.5. The van der Waals surface area contributed by atoms with Crippen molar-refractivity contribution in [3.05, 3.63) is 64.1 Å². The summed E-state index contributed by atoms with van der Waals surface area (Å²) >= 11 is 0. The first-order chi connectivity index (χ1) is 10.7. The van der Waals surface area contributed by atoms with Crippen molar-refractivity contribution in [1.82, 2.24) is 9.47 Å². The number of amides is 1. The lowest BCUT2D eigenvalue weighted by Crippen LogP contribution is -2.39. The van der Waals surface area contributed by atoms with Gasteiger partial charge in [-0.25, -0.2) is 0 Å². The fraction of sp³-hybridized carbons (Fsp3) is 0.294. The Morgan fingerprint density at radius 3 is 2.73 bits per heavy atom. The molecule has 0 saturated carbocycles. The monoisotopic (exact) mass is 298 g/mol. The van der Waals surface area contributed by atoms with Gasteiger partial charge in [-0.05, 0) is 29.7 Å². The molecule has 0 bridgehead atoms. The van der Waals surface area contributed by atoms with E-state index in [-0.39, 0.29) is 23.8 Å². The fourth-order valence-electron chi connectivity index (χ4n) is 2.75. The third-order valence-corrected chi connectivity index (χ3v) is 3.99. The summed E-state index contributed by atoms with van der Waals surface area (Å²) in [6, 6.07) is 11.5. The molecule has 0 spiro atoms. The van der Waals surface area contributed by atoms with Gasteiger partial charge >= 0.3 is 0 Å². The summed E-state index contributed by atoms with van der Waals surface area (Å²) in [5.74, 6) is 0.198. The van der Waals surface area contributed by atoms with Crippen LogP contribution in [0.15, 0.2) is 47.4 Å². The molecule has 1 amide bonds. The zero-order valence-electron chi connectivity index (χ0n) is 12.5. The highest BCUT2D eigenvalue weighted by Gasteiger charge is 2.20. The number of hydrogen-bond acceptors (Lipinski definition) is 3. The maximum atomic E-state index is 12.5. The highest BCUT2D eigenvalue weighted by molar-refractivity contribution is 5.76. The number of ether oxygens (including phenoxy) is 1. The molecule has 1 aromatic carbocycles. The Bertz CT molecular complexity index is 752. The van der Waals surface area contributed by atoms with Crippen LogP contribution in [0.4, 0.5) is 0 Å². The van der Waals surface area contributed by atoms with Gasteiger partial charge in [0.2, 0.25) is 5.91 Å². The third-order valence-electron chi connectivity index (χ3n) is 3.99. The molecule has 0 radical (unpaired) electrons. The van der Waals surface area contributed by atoms with E-state index in [9.17, 15) is 9.59 Å². The van der Waals surface area contributed by atoms with Crippen LogP contribution in [-0.2, 0) is 24.3 Å². The molecule has 5 heteroatoms. The molecular weight excluding hydrogens is 280 g/mol. The van der Waals surface area contributed by atoms with Crippen molar-refractivity contribution in [3.63, 3.8) is 0 Å². The lowest BCUT2D eigenvalue weighted by atomic mass is 10.00. The first kappa shape index (κ1) is 14.4. The number of carbonyl (C=O) groups is 1. The maximum absolute atomic E-state index is 12.5. The SMILES string of the molecule is COc1cccn(CC(=O)N2CCc3ccccc3C2)c1=O. The third kappa shape index (κ3) is 2.74. The van der Waals surface area contributed by atoms with Crippen molar-refractivity contribution >= 4 is 5.91 Å². The van der Waals surface area contributed by atoms with Crippen LogP contribution in [0.25, 0.3) is 0 Å². The Kier molecular flexibility index (Phi) is 3.96. The molecule has 3 rings (SSSR count). The Balaban J connectivity index is 1.75. The lowest BCUT2D eigenvalue weighted by Gasteiger charge is -2.29. The highest BCUT2D eigenvalue weighted by Crippen LogP contribution is 2.18. The number of rotatable bonds is 3. The van der Waals surface area contributed by atoms with Crippen LogP contribution in [-0.4, -0.2) is 29.0 Å². The molecule has 0 atom stereocenters. The topological polar surface area (TPSA) is 51.5 Å². The summed E-state index contributed by atoms with van der Waals surface area (Å²) in [5.41, 5.74) is 2.20. The van der Waals surface area contributed by atoms with Crippen LogP contribution in [0.5, 0.6) is 5.75 Å². The smallest absolute Gasteiger partial charge is 0.293 e. The van der Waals surface area contributed by atoms with Gasteiger partial charge in [0.1, 0.15) is 6.54 Å². The number of aromatic nitrogens is 1. The quantitative estimate of drug-likeness (QED) is 0.861. The molecule has 0 aliphatic carbocycles. The first-order valence-corrected chi connectivity index (χ1v) is 7.27. The van der Waals surface area contributed by atoms with Crippen LogP contribution in [0.3, 0.4) is 0 Å². The lowest BCUT2D eigenvalue weighted by molar-refractivity contribution is -0.132. The molecule has 1 aromatic heterocycles. The van der Waals surface area contributed by atoms with Crippen LogP contribution in [0.1, 0.15) is 11.1 Å². The summed E-state index contributed by atoms with van der Waals surface area (Å²) in [4.78, 5) is 26.3. The van der Waals surface area contributed by atoms with Crippen molar-refractivity contribution in [2.75, 3.05) is 13.7 Å². The minimum Gasteiger partial charge on any atom is -0.491 e. The number of fused-ring (bicyclic) bond motifs is 1. The fourth-order valence-corrected chi connectivity index (χ4v) is 2.75. The van der Waals surface area contributed by atoms with Gasteiger partial charge in [-0.2, -0.15) is 0 Å². The van der Waals surface area contributed by atoms with Gasteiger partial charge < -0.3 is 14.2 Å². The average molecular weight is 298 g/mol. The van der Waals surface area contributed by atoms with E-state index in [1.54, 1.807) is 23.2 Å². The van der Waals surface area contributed by atoms with Crippen LogP contribution in [0, 0.1) is 0 Å². The van der Waals surface area contributed by atoms with Crippen molar-refractivity contribution in [2.24, 2.45) is 0 Å². The van der Waals surface area contributed by atoms with E-state index in [2.05, 4.69) is 6.07 Å². The molecule has 0 N–H and O–H groups in total. The molecule has 22 heavy (non-hydrogen) atoms. The second kappa shape index (κ2) is 6.05. The van der Waals surface area contributed by atoms with Crippen molar-refractivity contribution < 1.29 is 9.53 Å². The summed E-state index contributed by atoms with van der Waals surface area (Å²) < 4.78 is 6.39. The highest BCUT2D eigenvalue weighted by atomic mass is 16.5. The molecular formula is C17H18N2O3. The predicted molar refractivity (Wildman–Crippen MR) is 82.8 cm³/mol. The zero-order chi connectivity index (χ0) is 15.5. The average Bonchev–Trinajstić information content (AvgIpc) is 2.56. The number of methoxy groups -OCH3 is 1. The van der Waals surface area contributed by atoms with Gasteiger partial charge in [-0.15, -0.1) is 0 Å². The first-order valence-electron chi connectivity index (χ1n) is 7.27. The number of nitrogens with zero attached hydrogens (tertiary/aromatic N) is 2. The molecule has 0 unspecified atom stereocenters. The minimum atomic E-state index is -0.282. The molecule has 114 valence electrons. The van der Waals surface area contributed by atoms with Crippen molar-refractivity contribution in [2.45, 2.75) is 19.5 Å². The van der Waals surface area contributed by atoms with E-state index in [0.717, 1.165) is 6.42 Å². The molecule has 2 heterocycles. The molecule has 0 fully saturated rings. The number of pyridine rings is 1. The number of benzene rings is 1. The Labute approximate surface area is 128 Å². The van der Waals surface area contributed by atoms with Gasteiger partial charge in [0.05, 0.1) is 7.11 Å². The molecule has 1 aliphatic heterocycles. The van der Waals surface area contributed by atoms with Crippen LogP contribution < -0.4 is 10.3 Å². The molecule has 0 saturated heterocycles. The van der Waals surface area contributed by atoms with Gasteiger partial charge in [0.15, 0.2) is 5.75 Å². The molecule has 2 aromatic rings. The number of hydrogen-bond donors (Lipinski definition) is 0. The number of carbonyl (C=O) groups excluding carboxylic acids is 1. The normalized spacial score (nSPS) is 13.6. The minimum absolute atomic E-state index is 0.0399. The van der Waals surface area contributed by atoms with Gasteiger partial charge in [-0.1, -0.05) is 24.3 Å². The maximum Gasteiger partial charge on any atom is 0.293 e. The summed E-state index contributed by atoms with van der Waals surface area (Å²) in [5, 5.41) is 0. The molecule has 1 aliphatic rings. The van der Waals surface area contributed by atoms with Crippen LogP contribution in [0.2, 0.25) is 0 Å². The summed E-state index contributed by atoms with van der Waals surface area (Å²) in [6.07, 6.45) is 2.47. The second-order valence-corrected chi connectivity index (χ2v) is 5.34. The Morgan fingerprint density at radius 2 is 1.95 bits per heavy atom. The van der Waals surface area contributed by atoms with E-state index in [4.69, 9.17) is 4.74 Å². The van der Waals surface area contributed by atoms with E-state index < -0.39 is 0 Å². The predicted octanol–water partition coefficient (Wildman–Crippen LogP) is 1.44. The van der Waals surface area contributed by atoms with Crippen molar-refractivity contribution in [1.29, 1.82) is 0 Å².